The Hall–Kier alpha value is -1.89. The van der Waals surface area contributed by atoms with Crippen LogP contribution in [0.25, 0.3) is 0 Å². The van der Waals surface area contributed by atoms with Crippen LogP contribution < -0.4 is 15.8 Å². The predicted octanol–water partition coefficient (Wildman–Crippen LogP) is -1.26. The van der Waals surface area contributed by atoms with E-state index in [1.165, 1.54) is 13.3 Å². The smallest absolute Gasteiger partial charge is 0.248 e. The molecule has 0 spiro atoms. The number of anilines is 1. The first-order valence-electron chi connectivity index (χ1n) is 4.21. The van der Waals surface area contributed by atoms with Crippen molar-refractivity contribution in [3.05, 3.63) is 12.3 Å². The van der Waals surface area contributed by atoms with Gasteiger partial charge in [-0.25, -0.2) is 4.98 Å². The highest BCUT2D eigenvalue weighted by Crippen LogP contribution is 2.06. The van der Waals surface area contributed by atoms with Crippen LogP contribution in [0.2, 0.25) is 0 Å². The van der Waals surface area contributed by atoms with Gasteiger partial charge in [0.05, 0.1) is 13.7 Å². The van der Waals surface area contributed by atoms with Gasteiger partial charge in [0, 0.05) is 12.3 Å². The molecule has 1 aromatic rings. The molecule has 1 heterocycles. The second kappa shape index (κ2) is 5.11. The lowest BCUT2D eigenvalue weighted by atomic mass is 10.3. The maximum absolute atomic E-state index is 10.5. The summed E-state index contributed by atoms with van der Waals surface area (Å²) in [6, 6.07) is 1.58. The molecule has 7 nitrogen and oxygen atoms in total. The van der Waals surface area contributed by atoms with Gasteiger partial charge in [-0.3, -0.25) is 4.79 Å². The summed E-state index contributed by atoms with van der Waals surface area (Å²) in [7, 11) is 1.48. The molecular formula is C8H12N4O3. The Bertz CT molecular complexity index is 344. The largest absolute Gasteiger partial charge is 0.481 e. The maximum Gasteiger partial charge on any atom is 0.248 e. The van der Waals surface area contributed by atoms with E-state index >= 15 is 0 Å². The van der Waals surface area contributed by atoms with Crippen molar-refractivity contribution in [2.24, 2.45) is 5.73 Å². The van der Waals surface area contributed by atoms with Crippen LogP contribution in [-0.4, -0.2) is 40.7 Å². The number of amides is 1. The number of nitrogens with zero attached hydrogens (tertiary/aromatic N) is 2. The molecule has 4 N–H and O–H groups in total. The number of ether oxygens (including phenoxy) is 1. The zero-order valence-electron chi connectivity index (χ0n) is 8.17. The second-order valence-electron chi connectivity index (χ2n) is 2.72. The van der Waals surface area contributed by atoms with Gasteiger partial charge < -0.3 is 20.9 Å². The molecule has 0 fully saturated rings. The molecule has 0 saturated heterocycles. The summed E-state index contributed by atoms with van der Waals surface area (Å²) in [6.07, 6.45) is 0.227. The topological polar surface area (TPSA) is 110 Å². The van der Waals surface area contributed by atoms with Crippen molar-refractivity contribution in [2.45, 2.75) is 6.10 Å². The number of hydrogen-bond acceptors (Lipinski definition) is 6. The van der Waals surface area contributed by atoms with E-state index in [0.717, 1.165) is 0 Å². The lowest BCUT2D eigenvalue weighted by molar-refractivity contribution is -0.125. The van der Waals surface area contributed by atoms with Gasteiger partial charge in [-0.1, -0.05) is 0 Å². The monoisotopic (exact) mass is 212 g/mol. The van der Waals surface area contributed by atoms with E-state index in [1.54, 1.807) is 6.07 Å². The molecule has 0 aliphatic heterocycles. The Balaban J connectivity index is 2.53. The third-order valence-corrected chi connectivity index (χ3v) is 1.62. The summed E-state index contributed by atoms with van der Waals surface area (Å²) in [5, 5.41) is 11.7. The molecule has 0 aliphatic carbocycles. The first-order valence-corrected chi connectivity index (χ1v) is 4.21. The predicted molar refractivity (Wildman–Crippen MR) is 52.3 cm³/mol. The highest BCUT2D eigenvalue weighted by Gasteiger charge is 2.10. The van der Waals surface area contributed by atoms with Crippen molar-refractivity contribution >= 4 is 11.9 Å². The summed E-state index contributed by atoms with van der Waals surface area (Å²) < 4.78 is 4.86. The zero-order valence-corrected chi connectivity index (χ0v) is 8.17. The first-order chi connectivity index (χ1) is 7.13. The standard InChI is InChI=1S/C8H12N4O3/c1-15-6-2-3-10-8(12-6)11-4-5(13)7(9)14/h2-3,5,13H,4H2,1H3,(H2,9,14)(H,10,11,12). The lowest BCUT2D eigenvalue weighted by Crippen LogP contribution is -2.34. The van der Waals surface area contributed by atoms with Crippen LogP contribution in [0.3, 0.4) is 0 Å². The third-order valence-electron chi connectivity index (χ3n) is 1.62. The molecule has 1 rings (SSSR count). The molecule has 15 heavy (non-hydrogen) atoms. The maximum atomic E-state index is 10.5. The minimum Gasteiger partial charge on any atom is -0.481 e. The highest BCUT2D eigenvalue weighted by atomic mass is 16.5. The molecule has 1 atom stereocenters. The Kier molecular flexibility index (Phi) is 3.81. The molecule has 0 saturated carbocycles. The molecule has 1 aromatic heterocycles. The number of carbonyl (C=O) groups excluding carboxylic acids is 1. The summed E-state index contributed by atoms with van der Waals surface area (Å²) in [5.41, 5.74) is 4.86. The van der Waals surface area contributed by atoms with Crippen LogP contribution in [0.4, 0.5) is 5.95 Å². The summed E-state index contributed by atoms with van der Waals surface area (Å²) in [5.74, 6) is -0.152. The number of hydrogen-bond donors (Lipinski definition) is 3. The number of methoxy groups -OCH3 is 1. The van der Waals surface area contributed by atoms with E-state index in [2.05, 4.69) is 15.3 Å². The molecule has 0 bridgehead atoms. The number of aliphatic hydroxyl groups excluding tert-OH is 1. The molecule has 1 amide bonds. The number of nitrogens with one attached hydrogen (secondary N) is 1. The fraction of sp³-hybridized carbons (Fsp3) is 0.375. The Morgan fingerprint density at radius 3 is 3.13 bits per heavy atom. The van der Waals surface area contributed by atoms with Crippen LogP contribution in [0, 0.1) is 0 Å². The minimum absolute atomic E-state index is 0.0392. The van der Waals surface area contributed by atoms with Gasteiger partial charge in [-0.15, -0.1) is 0 Å². The van der Waals surface area contributed by atoms with E-state index < -0.39 is 12.0 Å². The SMILES string of the molecule is COc1ccnc(NCC(O)C(N)=O)n1. The van der Waals surface area contributed by atoms with E-state index in [-0.39, 0.29) is 12.5 Å². The molecular weight excluding hydrogens is 200 g/mol. The number of aromatic nitrogens is 2. The van der Waals surface area contributed by atoms with Gasteiger partial charge in [-0.2, -0.15) is 4.98 Å². The van der Waals surface area contributed by atoms with Crippen LogP contribution in [-0.2, 0) is 4.79 Å². The van der Waals surface area contributed by atoms with E-state index in [9.17, 15) is 4.79 Å². The van der Waals surface area contributed by atoms with Crippen molar-refractivity contribution in [1.82, 2.24) is 9.97 Å². The van der Waals surface area contributed by atoms with E-state index in [1.807, 2.05) is 0 Å². The highest BCUT2D eigenvalue weighted by molar-refractivity contribution is 5.79. The van der Waals surface area contributed by atoms with Gasteiger partial charge in [-0.05, 0) is 0 Å². The normalized spacial score (nSPS) is 11.9. The van der Waals surface area contributed by atoms with Crippen molar-refractivity contribution in [2.75, 3.05) is 19.0 Å². The average Bonchev–Trinajstić information content (AvgIpc) is 2.26. The fourth-order valence-electron chi connectivity index (χ4n) is 0.830. The number of primary amides is 1. The van der Waals surface area contributed by atoms with Gasteiger partial charge >= 0.3 is 0 Å². The molecule has 82 valence electrons. The third kappa shape index (κ3) is 3.39. The Morgan fingerprint density at radius 2 is 2.53 bits per heavy atom. The van der Waals surface area contributed by atoms with E-state index in [0.29, 0.717) is 5.88 Å². The molecule has 0 radical (unpaired) electrons. The average molecular weight is 212 g/mol. The van der Waals surface area contributed by atoms with Crippen molar-refractivity contribution in [3.63, 3.8) is 0 Å². The van der Waals surface area contributed by atoms with Crippen molar-refractivity contribution in [3.8, 4) is 5.88 Å². The number of rotatable bonds is 5. The Morgan fingerprint density at radius 1 is 1.80 bits per heavy atom. The fourth-order valence-corrected chi connectivity index (χ4v) is 0.830. The molecule has 7 heteroatoms. The molecule has 0 aromatic carbocycles. The van der Waals surface area contributed by atoms with Gasteiger partial charge in [0.1, 0.15) is 6.10 Å². The number of nitrogens with two attached hydrogens (primary N) is 1. The Labute approximate surface area is 86.3 Å². The van der Waals surface area contributed by atoms with Crippen LogP contribution in [0.15, 0.2) is 12.3 Å². The quantitative estimate of drug-likeness (QED) is 0.562. The van der Waals surface area contributed by atoms with Gasteiger partial charge in [0.25, 0.3) is 0 Å². The number of carbonyl (C=O) groups is 1. The van der Waals surface area contributed by atoms with Crippen LogP contribution in [0.5, 0.6) is 5.88 Å². The minimum atomic E-state index is -1.26. The van der Waals surface area contributed by atoms with Gasteiger partial charge in [0.2, 0.25) is 17.7 Å². The zero-order chi connectivity index (χ0) is 11.3. The molecule has 0 aliphatic rings. The van der Waals surface area contributed by atoms with Crippen LogP contribution in [0.1, 0.15) is 0 Å². The molecule has 1 unspecified atom stereocenters. The summed E-state index contributed by atoms with van der Waals surface area (Å²) in [6.45, 7) is -0.0392. The summed E-state index contributed by atoms with van der Waals surface area (Å²) in [4.78, 5) is 18.3. The van der Waals surface area contributed by atoms with Gasteiger partial charge in [0.15, 0.2) is 0 Å². The second-order valence-corrected chi connectivity index (χ2v) is 2.72. The number of aliphatic hydroxyl groups is 1. The van der Waals surface area contributed by atoms with Crippen molar-refractivity contribution < 1.29 is 14.6 Å². The van der Waals surface area contributed by atoms with Crippen molar-refractivity contribution in [1.29, 1.82) is 0 Å². The first kappa shape index (κ1) is 11.2. The van der Waals surface area contributed by atoms with E-state index in [4.69, 9.17) is 15.6 Å². The summed E-state index contributed by atoms with van der Waals surface area (Å²) >= 11 is 0. The lowest BCUT2D eigenvalue weighted by Gasteiger charge is -2.08. The van der Waals surface area contributed by atoms with Crippen LogP contribution >= 0.6 is 0 Å².